The summed E-state index contributed by atoms with van der Waals surface area (Å²) in [5, 5.41) is 4.47. The molecule has 4 aliphatic rings. The average molecular weight is 918 g/mol. The summed E-state index contributed by atoms with van der Waals surface area (Å²) in [6.07, 6.45) is 4.79. The zero-order chi connectivity index (χ0) is 47.5. The Balaban J connectivity index is 1.04. The lowest BCUT2D eigenvalue weighted by atomic mass is 9.33. The van der Waals surface area contributed by atoms with E-state index in [0.717, 1.165) is 61.7 Å². The van der Waals surface area contributed by atoms with Crippen LogP contribution in [-0.4, -0.2) is 12.3 Å². The fourth-order valence-corrected chi connectivity index (χ4v) is 14.1. The van der Waals surface area contributed by atoms with Crippen LogP contribution >= 0.6 is 0 Å². The Morgan fingerprint density at radius 2 is 1.13 bits per heavy atom. The van der Waals surface area contributed by atoms with E-state index in [2.05, 4.69) is 219 Å². The van der Waals surface area contributed by atoms with E-state index in [1.165, 1.54) is 103 Å². The molecule has 1 saturated carbocycles. The Labute approximate surface area is 414 Å². The van der Waals surface area contributed by atoms with Crippen LogP contribution in [0.1, 0.15) is 61.8 Å². The molecule has 0 radical (unpaired) electrons. The number of para-hydroxylation sites is 3. The second-order valence-corrected chi connectivity index (χ2v) is 21.4. The lowest BCUT2D eigenvalue weighted by Crippen LogP contribution is -2.61. The largest absolute Gasteiger partial charge is 0.456 e. The highest BCUT2D eigenvalue weighted by Crippen LogP contribution is 2.62. The van der Waals surface area contributed by atoms with Gasteiger partial charge in [0, 0.05) is 66.8 Å². The highest BCUT2D eigenvalue weighted by atomic mass is 16.3. The molecule has 0 saturated heterocycles. The van der Waals surface area contributed by atoms with Crippen LogP contribution in [0.4, 0.5) is 45.5 Å². The SMILES string of the molecule is Cc1cc2c3c(c1)N(c1cccc4c1oc1ccccc14)c1cc(N4c5cc(C)cc(C)c5C5(C)CCCCC45C)ccc1B3c1cc(-c3ccccc3)ccc1N2c1ccc2oc3ccccc3c2c1. The van der Waals surface area contributed by atoms with Gasteiger partial charge in [-0.1, -0.05) is 123 Å². The Morgan fingerprint density at radius 1 is 0.451 bits per heavy atom. The maximum atomic E-state index is 7.01. The standard InChI is InChI=1S/C65H52BN3O2/c1-39-32-41(3)61-55(33-39)69(65(5)31-14-13-30-64(61,65)4)45-25-27-50-54(38-45)68(53-21-15-20-48-46-18-9-12-23-59(46)71-63(48)53)57-35-40(2)34-56-62(57)66(50)51-36-43(42-16-7-6-8-17-42)24-28-52(51)67(56)44-26-29-60-49(37-44)47-19-10-11-22-58(47)70-60/h6-12,15-29,32-38H,13-14,30-31H2,1-5H3. The van der Waals surface area contributed by atoms with Crippen molar-refractivity contribution in [3.8, 4) is 11.1 Å². The van der Waals surface area contributed by atoms with Crippen LogP contribution in [0.2, 0.25) is 0 Å². The van der Waals surface area contributed by atoms with Gasteiger partial charge in [0.05, 0.1) is 11.2 Å². The highest BCUT2D eigenvalue weighted by molar-refractivity contribution is 7.00. The molecule has 2 unspecified atom stereocenters. The van der Waals surface area contributed by atoms with Crippen LogP contribution in [0.25, 0.3) is 55.0 Å². The minimum absolute atomic E-state index is 0.0117. The van der Waals surface area contributed by atoms with Gasteiger partial charge in [-0.05, 0) is 163 Å². The van der Waals surface area contributed by atoms with E-state index in [-0.39, 0.29) is 17.7 Å². The molecule has 15 rings (SSSR count). The minimum Gasteiger partial charge on any atom is -0.456 e. The molecule has 1 aliphatic carbocycles. The Kier molecular flexibility index (Phi) is 8.38. The number of aryl methyl sites for hydroxylation is 3. The highest BCUT2D eigenvalue weighted by Gasteiger charge is 2.58. The Bertz CT molecular complexity index is 4070. The first-order valence-electron chi connectivity index (χ1n) is 25.5. The Morgan fingerprint density at radius 3 is 1.96 bits per heavy atom. The molecule has 5 nitrogen and oxygen atoms in total. The first kappa shape index (κ1) is 40.9. The molecule has 0 spiro atoms. The second-order valence-electron chi connectivity index (χ2n) is 21.4. The lowest BCUT2D eigenvalue weighted by molar-refractivity contribution is 0.194. The second kappa shape index (κ2) is 14.6. The molecule has 3 aliphatic heterocycles. The van der Waals surface area contributed by atoms with Crippen molar-refractivity contribution in [3.63, 3.8) is 0 Å². The van der Waals surface area contributed by atoms with Crippen LogP contribution in [0.15, 0.2) is 185 Å². The number of hydrogen-bond donors (Lipinski definition) is 0. The van der Waals surface area contributed by atoms with E-state index in [1.54, 1.807) is 0 Å². The van der Waals surface area contributed by atoms with Crippen molar-refractivity contribution in [2.24, 2.45) is 0 Å². The summed E-state index contributed by atoms with van der Waals surface area (Å²) in [4.78, 5) is 7.84. The molecule has 9 aromatic carbocycles. The third-order valence-electron chi connectivity index (χ3n) is 17.3. The summed E-state index contributed by atoms with van der Waals surface area (Å²) in [7, 11) is 0. The van der Waals surface area contributed by atoms with Crippen LogP contribution in [0, 0.1) is 20.8 Å². The fraction of sp³-hybridized carbons (Fsp3) is 0.169. The summed E-state index contributed by atoms with van der Waals surface area (Å²) in [6.45, 7) is 11.9. The zero-order valence-electron chi connectivity index (χ0n) is 40.8. The van der Waals surface area contributed by atoms with Crippen molar-refractivity contribution < 1.29 is 8.83 Å². The van der Waals surface area contributed by atoms with Gasteiger partial charge in [-0.15, -0.1) is 0 Å². The molecular formula is C65H52BN3O2. The number of nitrogens with zero attached hydrogens (tertiary/aromatic N) is 3. The van der Waals surface area contributed by atoms with E-state index < -0.39 is 0 Å². The van der Waals surface area contributed by atoms with E-state index >= 15 is 0 Å². The maximum absolute atomic E-state index is 7.01. The molecule has 2 aromatic heterocycles. The fourth-order valence-electron chi connectivity index (χ4n) is 14.1. The molecule has 0 amide bonds. The molecule has 11 aromatic rings. The summed E-state index contributed by atoms with van der Waals surface area (Å²) < 4.78 is 13.4. The van der Waals surface area contributed by atoms with Gasteiger partial charge in [0.15, 0.2) is 5.58 Å². The minimum atomic E-state index is -0.107. The lowest BCUT2D eigenvalue weighted by Gasteiger charge is -2.51. The van der Waals surface area contributed by atoms with Gasteiger partial charge in [0.1, 0.15) is 16.7 Å². The topological polar surface area (TPSA) is 36.0 Å². The normalized spacial score (nSPS) is 18.8. The van der Waals surface area contributed by atoms with Gasteiger partial charge in [0.25, 0.3) is 6.71 Å². The number of anilines is 8. The van der Waals surface area contributed by atoms with E-state index in [1.807, 2.05) is 6.07 Å². The molecule has 0 bridgehead atoms. The van der Waals surface area contributed by atoms with Crippen molar-refractivity contribution in [1.29, 1.82) is 0 Å². The van der Waals surface area contributed by atoms with Crippen LogP contribution < -0.4 is 31.1 Å². The number of benzene rings is 9. The smallest absolute Gasteiger partial charge is 0.252 e. The van der Waals surface area contributed by atoms with Gasteiger partial charge in [-0.25, -0.2) is 0 Å². The van der Waals surface area contributed by atoms with Gasteiger partial charge >= 0.3 is 0 Å². The van der Waals surface area contributed by atoms with Crippen LogP contribution in [0.5, 0.6) is 0 Å². The van der Waals surface area contributed by atoms with E-state index in [0.29, 0.717) is 0 Å². The number of fused-ring (bicyclic) bond motifs is 13. The third kappa shape index (κ3) is 5.53. The van der Waals surface area contributed by atoms with E-state index in [9.17, 15) is 0 Å². The third-order valence-corrected chi connectivity index (χ3v) is 17.3. The first-order valence-corrected chi connectivity index (χ1v) is 25.5. The van der Waals surface area contributed by atoms with Crippen molar-refractivity contribution >= 4 is 112 Å². The molecule has 0 N–H and O–H groups in total. The molecule has 342 valence electrons. The monoisotopic (exact) mass is 917 g/mol. The van der Waals surface area contributed by atoms with Gasteiger partial charge in [-0.3, -0.25) is 0 Å². The maximum Gasteiger partial charge on any atom is 0.252 e. The van der Waals surface area contributed by atoms with Crippen molar-refractivity contribution in [2.75, 3.05) is 14.7 Å². The summed E-state index contributed by atoms with van der Waals surface area (Å²) in [5.41, 5.74) is 24.6. The summed E-state index contributed by atoms with van der Waals surface area (Å²) in [6, 6.07) is 65.5. The van der Waals surface area contributed by atoms with Crippen molar-refractivity contribution in [1.82, 2.24) is 0 Å². The van der Waals surface area contributed by atoms with Crippen LogP contribution in [-0.2, 0) is 5.41 Å². The first-order chi connectivity index (χ1) is 34.7. The average Bonchev–Trinajstić information content (AvgIpc) is 4.02. The predicted octanol–water partition coefficient (Wildman–Crippen LogP) is 15.9. The Hall–Kier alpha value is -7.96. The zero-order valence-corrected chi connectivity index (χ0v) is 40.8. The number of furan rings is 2. The molecule has 6 heteroatoms. The molecule has 1 fully saturated rings. The quantitative estimate of drug-likeness (QED) is 0.164. The molecular weight excluding hydrogens is 866 g/mol. The molecule has 2 atom stereocenters. The summed E-state index contributed by atoms with van der Waals surface area (Å²) in [5.74, 6) is 0. The van der Waals surface area contributed by atoms with Gasteiger partial charge in [-0.2, -0.15) is 0 Å². The molecule has 5 heterocycles. The van der Waals surface area contributed by atoms with Crippen molar-refractivity contribution in [2.45, 2.75) is 71.3 Å². The van der Waals surface area contributed by atoms with Gasteiger partial charge < -0.3 is 23.5 Å². The molecule has 71 heavy (non-hydrogen) atoms. The summed E-state index contributed by atoms with van der Waals surface area (Å²) >= 11 is 0. The predicted molar refractivity (Wildman–Crippen MR) is 297 cm³/mol. The number of hydrogen-bond acceptors (Lipinski definition) is 5. The van der Waals surface area contributed by atoms with Gasteiger partial charge in [0.2, 0.25) is 0 Å². The van der Waals surface area contributed by atoms with Crippen molar-refractivity contribution in [3.05, 3.63) is 198 Å². The van der Waals surface area contributed by atoms with E-state index in [4.69, 9.17) is 8.83 Å². The number of rotatable bonds is 4. The van der Waals surface area contributed by atoms with Crippen LogP contribution in [0.3, 0.4) is 0 Å².